The van der Waals surface area contributed by atoms with Gasteiger partial charge in [0.15, 0.2) is 0 Å². The largest absolute Gasteiger partial charge is 0.383 e. The van der Waals surface area contributed by atoms with Crippen LogP contribution in [0.4, 0.5) is 0 Å². The number of likely N-dealkylation sites (N-methyl/N-ethyl adjacent to an activating group) is 1. The molecule has 0 heterocycles. The second-order valence-corrected chi connectivity index (χ2v) is 5.27. The van der Waals surface area contributed by atoms with E-state index in [9.17, 15) is 4.21 Å². The first kappa shape index (κ1) is 13.4. The highest BCUT2D eigenvalue weighted by molar-refractivity contribution is 7.85. The van der Waals surface area contributed by atoms with Crippen molar-refractivity contribution >= 4 is 10.8 Å². The van der Waals surface area contributed by atoms with Gasteiger partial charge >= 0.3 is 0 Å². The number of ether oxygens (including phenoxy) is 1. The average Bonchev–Trinajstić information content (AvgIpc) is 2.28. The minimum absolute atomic E-state index is 0.131. The first-order valence-electron chi connectivity index (χ1n) is 5.28. The van der Waals surface area contributed by atoms with Gasteiger partial charge in [-0.2, -0.15) is 0 Å². The SMILES string of the molecule is CNC(COC)CS(=O)c1cccc(C)c1. The quantitative estimate of drug-likeness (QED) is 0.817. The summed E-state index contributed by atoms with van der Waals surface area (Å²) in [5, 5.41) is 3.10. The third-order valence-electron chi connectivity index (χ3n) is 2.38. The van der Waals surface area contributed by atoms with Crippen molar-refractivity contribution < 1.29 is 8.95 Å². The maximum absolute atomic E-state index is 12.1. The van der Waals surface area contributed by atoms with E-state index in [0.29, 0.717) is 12.4 Å². The van der Waals surface area contributed by atoms with E-state index >= 15 is 0 Å². The van der Waals surface area contributed by atoms with Gasteiger partial charge in [0.25, 0.3) is 0 Å². The van der Waals surface area contributed by atoms with Gasteiger partial charge in [0.05, 0.1) is 17.4 Å². The Kier molecular flexibility index (Phi) is 5.66. The molecule has 0 bridgehead atoms. The van der Waals surface area contributed by atoms with Crippen LogP contribution in [-0.4, -0.2) is 36.8 Å². The van der Waals surface area contributed by atoms with Gasteiger partial charge in [-0.1, -0.05) is 12.1 Å². The molecule has 0 aliphatic heterocycles. The first-order chi connectivity index (χ1) is 7.67. The summed E-state index contributed by atoms with van der Waals surface area (Å²) in [6, 6.07) is 7.95. The van der Waals surface area contributed by atoms with Crippen LogP contribution in [0.3, 0.4) is 0 Å². The standard InChI is InChI=1S/C12H19NO2S/c1-10-5-4-6-12(7-10)16(14)9-11(13-2)8-15-3/h4-7,11,13H,8-9H2,1-3H3. The molecule has 0 aliphatic carbocycles. The Morgan fingerprint density at radius 3 is 2.81 bits per heavy atom. The van der Waals surface area contributed by atoms with Crippen molar-refractivity contribution in [2.45, 2.75) is 17.9 Å². The molecule has 3 nitrogen and oxygen atoms in total. The Morgan fingerprint density at radius 1 is 1.50 bits per heavy atom. The summed E-state index contributed by atoms with van der Waals surface area (Å²) in [7, 11) is 2.54. The van der Waals surface area contributed by atoms with Crippen LogP contribution in [0.25, 0.3) is 0 Å². The van der Waals surface area contributed by atoms with Crippen molar-refractivity contribution in [3.63, 3.8) is 0 Å². The second-order valence-electron chi connectivity index (χ2n) is 3.77. The summed E-state index contributed by atoms with van der Waals surface area (Å²) in [6.07, 6.45) is 0. The molecule has 16 heavy (non-hydrogen) atoms. The number of rotatable bonds is 6. The number of nitrogens with one attached hydrogen (secondary N) is 1. The van der Waals surface area contributed by atoms with Gasteiger partial charge in [0.1, 0.15) is 0 Å². The summed E-state index contributed by atoms with van der Waals surface area (Å²) in [5.74, 6) is 0.577. The lowest BCUT2D eigenvalue weighted by atomic mass is 10.2. The molecule has 1 rings (SSSR count). The minimum atomic E-state index is -0.968. The molecule has 0 spiro atoms. The van der Waals surface area contributed by atoms with Crippen LogP contribution in [0.1, 0.15) is 5.56 Å². The molecule has 0 amide bonds. The van der Waals surface area contributed by atoms with E-state index in [1.165, 1.54) is 0 Å². The van der Waals surface area contributed by atoms with Gasteiger partial charge < -0.3 is 10.1 Å². The van der Waals surface area contributed by atoms with Gasteiger partial charge in [0.2, 0.25) is 0 Å². The van der Waals surface area contributed by atoms with E-state index in [1.807, 2.05) is 38.2 Å². The predicted octanol–water partition coefficient (Wildman–Crippen LogP) is 1.34. The lowest BCUT2D eigenvalue weighted by Crippen LogP contribution is -2.35. The number of methoxy groups -OCH3 is 1. The van der Waals surface area contributed by atoms with E-state index in [1.54, 1.807) is 7.11 Å². The molecule has 0 aromatic heterocycles. The van der Waals surface area contributed by atoms with Gasteiger partial charge in [-0.15, -0.1) is 0 Å². The summed E-state index contributed by atoms with van der Waals surface area (Å²) in [6.45, 7) is 2.58. The van der Waals surface area contributed by atoms with Crippen LogP contribution in [0.15, 0.2) is 29.2 Å². The van der Waals surface area contributed by atoms with Crippen LogP contribution in [0, 0.1) is 6.92 Å². The number of benzene rings is 1. The van der Waals surface area contributed by atoms with E-state index < -0.39 is 10.8 Å². The Hall–Kier alpha value is -0.710. The van der Waals surface area contributed by atoms with Crippen LogP contribution >= 0.6 is 0 Å². The molecule has 0 aliphatic rings. The zero-order valence-corrected chi connectivity index (χ0v) is 10.8. The van der Waals surface area contributed by atoms with Crippen molar-refractivity contribution in [1.82, 2.24) is 5.32 Å². The third-order valence-corrected chi connectivity index (χ3v) is 3.87. The first-order valence-corrected chi connectivity index (χ1v) is 6.60. The Balaban J connectivity index is 2.64. The maximum atomic E-state index is 12.1. The van der Waals surface area contributed by atoms with E-state index in [2.05, 4.69) is 5.32 Å². The molecule has 0 saturated carbocycles. The normalized spacial score (nSPS) is 14.7. The van der Waals surface area contributed by atoms with Gasteiger partial charge in [-0.25, -0.2) is 0 Å². The Morgan fingerprint density at radius 2 is 2.25 bits per heavy atom. The molecule has 1 aromatic rings. The zero-order chi connectivity index (χ0) is 12.0. The third kappa shape index (κ3) is 4.04. The molecular formula is C12H19NO2S. The fourth-order valence-corrected chi connectivity index (χ4v) is 2.82. The van der Waals surface area contributed by atoms with Crippen LogP contribution in [-0.2, 0) is 15.5 Å². The Labute approximate surface area is 99.7 Å². The van der Waals surface area contributed by atoms with Crippen molar-refractivity contribution in [1.29, 1.82) is 0 Å². The lowest BCUT2D eigenvalue weighted by Gasteiger charge is -2.14. The van der Waals surface area contributed by atoms with E-state index in [-0.39, 0.29) is 6.04 Å². The summed E-state index contributed by atoms with van der Waals surface area (Å²) in [5.41, 5.74) is 1.14. The fourth-order valence-electron chi connectivity index (χ4n) is 1.45. The highest BCUT2D eigenvalue weighted by atomic mass is 32.2. The number of hydrogen-bond donors (Lipinski definition) is 1. The van der Waals surface area contributed by atoms with Gasteiger partial charge in [0, 0.05) is 23.8 Å². The minimum Gasteiger partial charge on any atom is -0.383 e. The second kappa shape index (κ2) is 6.78. The summed E-state index contributed by atoms with van der Waals surface area (Å²) < 4.78 is 17.1. The lowest BCUT2D eigenvalue weighted by molar-refractivity contribution is 0.176. The molecule has 0 saturated heterocycles. The van der Waals surface area contributed by atoms with Crippen molar-refractivity contribution in [2.24, 2.45) is 0 Å². The van der Waals surface area contributed by atoms with E-state index in [0.717, 1.165) is 10.5 Å². The monoisotopic (exact) mass is 241 g/mol. The molecule has 90 valence electrons. The van der Waals surface area contributed by atoms with E-state index in [4.69, 9.17) is 4.74 Å². The number of hydrogen-bond acceptors (Lipinski definition) is 3. The molecule has 0 radical (unpaired) electrons. The zero-order valence-electron chi connectivity index (χ0n) is 10.0. The van der Waals surface area contributed by atoms with Gasteiger partial charge in [-0.3, -0.25) is 4.21 Å². The Bertz CT molecular complexity index is 355. The highest BCUT2D eigenvalue weighted by Crippen LogP contribution is 2.10. The molecule has 2 atom stereocenters. The molecule has 1 aromatic carbocycles. The van der Waals surface area contributed by atoms with Gasteiger partial charge in [-0.05, 0) is 31.7 Å². The summed E-state index contributed by atoms with van der Waals surface area (Å²) >= 11 is 0. The number of aryl methyl sites for hydroxylation is 1. The predicted molar refractivity (Wildman–Crippen MR) is 67.2 cm³/mol. The maximum Gasteiger partial charge on any atom is 0.0624 e. The van der Waals surface area contributed by atoms with Crippen LogP contribution in [0.2, 0.25) is 0 Å². The molecule has 1 N–H and O–H groups in total. The van der Waals surface area contributed by atoms with Crippen molar-refractivity contribution in [2.75, 3.05) is 26.5 Å². The molecular weight excluding hydrogens is 222 g/mol. The van der Waals surface area contributed by atoms with Crippen LogP contribution < -0.4 is 5.32 Å². The molecule has 0 fully saturated rings. The summed E-state index contributed by atoms with van der Waals surface area (Å²) in [4.78, 5) is 0.886. The topological polar surface area (TPSA) is 38.3 Å². The smallest absolute Gasteiger partial charge is 0.0624 e. The average molecular weight is 241 g/mol. The molecule has 4 heteroatoms. The highest BCUT2D eigenvalue weighted by Gasteiger charge is 2.12. The van der Waals surface area contributed by atoms with Crippen molar-refractivity contribution in [3.05, 3.63) is 29.8 Å². The van der Waals surface area contributed by atoms with Crippen molar-refractivity contribution in [3.8, 4) is 0 Å². The van der Waals surface area contributed by atoms with Crippen LogP contribution in [0.5, 0.6) is 0 Å². The molecule has 2 unspecified atom stereocenters. The fraction of sp³-hybridized carbons (Fsp3) is 0.500.